The van der Waals surface area contributed by atoms with Crippen LogP contribution < -0.4 is 5.32 Å². The molecule has 0 spiro atoms. The highest BCUT2D eigenvalue weighted by Gasteiger charge is 2.25. The van der Waals surface area contributed by atoms with Gasteiger partial charge < -0.3 is 10.2 Å². The van der Waals surface area contributed by atoms with Crippen molar-refractivity contribution in [3.63, 3.8) is 0 Å². The Kier molecular flexibility index (Phi) is 6.37. The Morgan fingerprint density at radius 1 is 1.25 bits per heavy atom. The number of piperidine rings is 1. The van der Waals surface area contributed by atoms with Gasteiger partial charge in [-0.15, -0.1) is 0 Å². The molecule has 0 aromatic heterocycles. The van der Waals surface area contributed by atoms with Gasteiger partial charge in [0.05, 0.1) is 0 Å². The lowest BCUT2D eigenvalue weighted by Gasteiger charge is -2.38. The largest absolute Gasteiger partial charge is 0.314 e. The van der Waals surface area contributed by atoms with Gasteiger partial charge in [0.25, 0.3) is 0 Å². The average molecular weight is 226 g/mol. The summed E-state index contributed by atoms with van der Waals surface area (Å²) in [4.78, 5) is 2.68. The second kappa shape index (κ2) is 7.29. The molecule has 1 heterocycles. The molecule has 0 radical (unpaired) electrons. The molecule has 0 bridgehead atoms. The molecule has 0 aliphatic carbocycles. The highest BCUT2D eigenvalue weighted by Crippen LogP contribution is 2.19. The van der Waals surface area contributed by atoms with Crippen LogP contribution in [0.15, 0.2) is 0 Å². The van der Waals surface area contributed by atoms with E-state index in [1.807, 2.05) is 0 Å². The standard InChI is InChI=1S/C14H30N2/c1-5-13(6-2)11-16-9-8-14(15-7-3)12(4)10-16/h12-15H,5-11H2,1-4H3. The molecule has 0 aromatic rings. The van der Waals surface area contributed by atoms with E-state index in [0.29, 0.717) is 0 Å². The number of rotatable bonds is 6. The number of nitrogens with zero attached hydrogens (tertiary/aromatic N) is 1. The van der Waals surface area contributed by atoms with E-state index in [0.717, 1.165) is 24.4 Å². The minimum absolute atomic E-state index is 0.753. The van der Waals surface area contributed by atoms with E-state index in [9.17, 15) is 0 Å². The van der Waals surface area contributed by atoms with E-state index in [1.165, 1.54) is 38.9 Å². The number of likely N-dealkylation sites (tertiary alicyclic amines) is 1. The molecule has 0 amide bonds. The first-order valence-corrected chi connectivity index (χ1v) is 7.16. The second-order valence-electron chi connectivity index (χ2n) is 5.37. The summed E-state index contributed by atoms with van der Waals surface area (Å²) in [5.41, 5.74) is 0. The lowest BCUT2D eigenvalue weighted by molar-refractivity contribution is 0.127. The van der Waals surface area contributed by atoms with Gasteiger partial charge in [0.15, 0.2) is 0 Å². The third-order valence-electron chi connectivity index (χ3n) is 4.13. The van der Waals surface area contributed by atoms with Crippen molar-refractivity contribution < 1.29 is 0 Å². The van der Waals surface area contributed by atoms with Crippen LogP contribution >= 0.6 is 0 Å². The van der Waals surface area contributed by atoms with Crippen LogP contribution in [0, 0.1) is 11.8 Å². The molecule has 0 saturated carbocycles. The fourth-order valence-electron chi connectivity index (χ4n) is 2.88. The summed E-state index contributed by atoms with van der Waals surface area (Å²) in [5, 5.41) is 3.61. The van der Waals surface area contributed by atoms with Gasteiger partial charge >= 0.3 is 0 Å². The molecule has 0 aromatic carbocycles. The predicted octanol–water partition coefficient (Wildman–Crippen LogP) is 2.74. The van der Waals surface area contributed by atoms with Crippen LogP contribution in [0.1, 0.15) is 47.0 Å². The van der Waals surface area contributed by atoms with Crippen molar-refractivity contribution in [1.29, 1.82) is 0 Å². The van der Waals surface area contributed by atoms with Crippen molar-refractivity contribution in [1.82, 2.24) is 10.2 Å². The summed E-state index contributed by atoms with van der Waals surface area (Å²) < 4.78 is 0. The Balaban J connectivity index is 2.33. The zero-order valence-electron chi connectivity index (χ0n) is 11.6. The van der Waals surface area contributed by atoms with E-state index in [1.54, 1.807) is 0 Å². The van der Waals surface area contributed by atoms with Crippen LogP contribution in [0.3, 0.4) is 0 Å². The van der Waals surface area contributed by atoms with Gasteiger partial charge in [0, 0.05) is 19.1 Å². The van der Waals surface area contributed by atoms with E-state index in [2.05, 4.69) is 37.9 Å². The Hall–Kier alpha value is -0.0800. The molecule has 96 valence electrons. The third-order valence-corrected chi connectivity index (χ3v) is 4.13. The van der Waals surface area contributed by atoms with Crippen molar-refractivity contribution >= 4 is 0 Å². The maximum Gasteiger partial charge on any atom is 0.0117 e. The van der Waals surface area contributed by atoms with Crippen LogP contribution in [0.4, 0.5) is 0 Å². The van der Waals surface area contributed by atoms with Crippen molar-refractivity contribution in [3.8, 4) is 0 Å². The van der Waals surface area contributed by atoms with Gasteiger partial charge in [-0.25, -0.2) is 0 Å². The molecule has 1 aliphatic rings. The molecule has 2 atom stereocenters. The van der Waals surface area contributed by atoms with Gasteiger partial charge in [-0.2, -0.15) is 0 Å². The van der Waals surface area contributed by atoms with Gasteiger partial charge in [0.2, 0.25) is 0 Å². The summed E-state index contributed by atoms with van der Waals surface area (Å²) in [5.74, 6) is 1.71. The molecule has 1 fully saturated rings. The van der Waals surface area contributed by atoms with Crippen LogP contribution in [-0.2, 0) is 0 Å². The minimum Gasteiger partial charge on any atom is -0.314 e. The highest BCUT2D eigenvalue weighted by atomic mass is 15.1. The fraction of sp³-hybridized carbons (Fsp3) is 1.00. The number of nitrogens with one attached hydrogen (secondary N) is 1. The lowest BCUT2D eigenvalue weighted by atomic mass is 9.92. The van der Waals surface area contributed by atoms with Gasteiger partial charge in [-0.1, -0.05) is 40.5 Å². The molecule has 2 unspecified atom stereocenters. The average Bonchev–Trinajstić information content (AvgIpc) is 2.29. The second-order valence-corrected chi connectivity index (χ2v) is 5.37. The van der Waals surface area contributed by atoms with Gasteiger partial charge in [-0.3, -0.25) is 0 Å². The van der Waals surface area contributed by atoms with Crippen LogP contribution in [0.25, 0.3) is 0 Å². The topological polar surface area (TPSA) is 15.3 Å². The van der Waals surface area contributed by atoms with Crippen molar-refractivity contribution in [3.05, 3.63) is 0 Å². The van der Waals surface area contributed by atoms with Crippen LogP contribution in [0.5, 0.6) is 0 Å². The molecule has 1 N–H and O–H groups in total. The third kappa shape index (κ3) is 4.06. The zero-order valence-corrected chi connectivity index (χ0v) is 11.6. The highest BCUT2D eigenvalue weighted by molar-refractivity contribution is 4.83. The maximum atomic E-state index is 3.61. The SMILES string of the molecule is CCNC1CCN(CC(CC)CC)CC1C. The van der Waals surface area contributed by atoms with Crippen LogP contribution in [0.2, 0.25) is 0 Å². The first-order chi connectivity index (χ1) is 7.71. The monoisotopic (exact) mass is 226 g/mol. The van der Waals surface area contributed by atoms with E-state index in [-0.39, 0.29) is 0 Å². The van der Waals surface area contributed by atoms with Gasteiger partial charge in [-0.05, 0) is 31.3 Å². The lowest BCUT2D eigenvalue weighted by Crippen LogP contribution is -2.49. The molecule has 1 saturated heterocycles. The molecular weight excluding hydrogens is 196 g/mol. The zero-order chi connectivity index (χ0) is 12.0. The van der Waals surface area contributed by atoms with E-state index in [4.69, 9.17) is 0 Å². The Labute approximate surface area is 102 Å². The summed E-state index contributed by atoms with van der Waals surface area (Å²) in [6, 6.07) is 0.753. The van der Waals surface area contributed by atoms with Crippen LogP contribution in [-0.4, -0.2) is 37.1 Å². The smallest absolute Gasteiger partial charge is 0.0117 e. The first kappa shape index (κ1) is 14.0. The number of hydrogen-bond donors (Lipinski definition) is 1. The Morgan fingerprint density at radius 3 is 2.44 bits per heavy atom. The van der Waals surface area contributed by atoms with E-state index >= 15 is 0 Å². The molecule has 2 heteroatoms. The molecular formula is C14H30N2. The minimum atomic E-state index is 0.753. The molecule has 16 heavy (non-hydrogen) atoms. The summed E-state index contributed by atoms with van der Waals surface area (Å²) >= 11 is 0. The van der Waals surface area contributed by atoms with Gasteiger partial charge in [0.1, 0.15) is 0 Å². The summed E-state index contributed by atoms with van der Waals surface area (Å²) in [6.07, 6.45) is 3.99. The van der Waals surface area contributed by atoms with Crippen molar-refractivity contribution in [2.24, 2.45) is 11.8 Å². The normalized spacial score (nSPS) is 27.6. The summed E-state index contributed by atoms with van der Waals surface area (Å²) in [7, 11) is 0. The Bertz CT molecular complexity index is 178. The number of hydrogen-bond acceptors (Lipinski definition) is 2. The summed E-state index contributed by atoms with van der Waals surface area (Å²) in [6.45, 7) is 14.3. The fourth-order valence-corrected chi connectivity index (χ4v) is 2.88. The maximum absolute atomic E-state index is 3.61. The molecule has 2 nitrogen and oxygen atoms in total. The first-order valence-electron chi connectivity index (χ1n) is 7.16. The quantitative estimate of drug-likeness (QED) is 0.749. The van der Waals surface area contributed by atoms with Crippen molar-refractivity contribution in [2.45, 2.75) is 53.0 Å². The van der Waals surface area contributed by atoms with Crippen molar-refractivity contribution in [2.75, 3.05) is 26.2 Å². The molecule has 1 aliphatic heterocycles. The predicted molar refractivity (Wildman–Crippen MR) is 71.8 cm³/mol. The Morgan fingerprint density at radius 2 is 1.94 bits per heavy atom. The van der Waals surface area contributed by atoms with E-state index < -0.39 is 0 Å². The molecule has 1 rings (SSSR count).